The van der Waals surface area contributed by atoms with Gasteiger partial charge in [-0.1, -0.05) is 0 Å². The molecular weight excluding hydrogens is 194 g/mol. The Morgan fingerprint density at radius 3 is 2.93 bits per heavy atom. The fourth-order valence-corrected chi connectivity index (χ4v) is 1.62. The van der Waals surface area contributed by atoms with Crippen molar-refractivity contribution in [3.63, 3.8) is 0 Å². The summed E-state index contributed by atoms with van der Waals surface area (Å²) in [5, 5.41) is 15.6. The number of hydrogen-bond donors (Lipinski definition) is 2. The molecule has 15 heavy (non-hydrogen) atoms. The van der Waals surface area contributed by atoms with Crippen LogP contribution in [0.4, 0.5) is 0 Å². The topological polar surface area (TPSA) is 69.2 Å². The fourth-order valence-electron chi connectivity index (χ4n) is 1.62. The van der Waals surface area contributed by atoms with Gasteiger partial charge in [0, 0.05) is 18.3 Å². The van der Waals surface area contributed by atoms with Crippen LogP contribution in [0.5, 0.6) is 0 Å². The number of aromatic nitrogens is 2. The molecule has 2 N–H and O–H groups in total. The number of H-pyrrole nitrogens is 1. The third-order valence-corrected chi connectivity index (χ3v) is 2.51. The molecule has 0 atom stereocenters. The lowest BCUT2D eigenvalue weighted by Gasteiger charge is -2.19. The van der Waals surface area contributed by atoms with E-state index in [1.165, 1.54) is 0 Å². The second-order valence-corrected chi connectivity index (χ2v) is 3.89. The van der Waals surface area contributed by atoms with Gasteiger partial charge >= 0.3 is 0 Å². The Kier molecular flexibility index (Phi) is 2.73. The molecule has 82 valence electrons. The normalized spacial score (nSPS) is 15.3. The Morgan fingerprint density at radius 1 is 1.73 bits per heavy atom. The van der Waals surface area contributed by atoms with E-state index in [1.54, 1.807) is 11.0 Å². The van der Waals surface area contributed by atoms with Crippen LogP contribution in [0.15, 0.2) is 6.07 Å². The van der Waals surface area contributed by atoms with E-state index in [0.717, 1.165) is 18.5 Å². The smallest absolute Gasteiger partial charge is 0.274 e. The third-order valence-electron chi connectivity index (χ3n) is 2.51. The second kappa shape index (κ2) is 4.02. The molecule has 0 aliphatic heterocycles. The minimum atomic E-state index is -0.0871. The summed E-state index contributed by atoms with van der Waals surface area (Å²) in [6.07, 6.45) is 2.07. The summed E-state index contributed by atoms with van der Waals surface area (Å²) in [6.45, 7) is 2.26. The molecule has 0 radical (unpaired) electrons. The Hall–Kier alpha value is -1.36. The second-order valence-electron chi connectivity index (χ2n) is 3.89. The van der Waals surface area contributed by atoms with Crippen LogP contribution in [-0.4, -0.2) is 45.3 Å². The molecule has 0 bridgehead atoms. The molecule has 1 fully saturated rings. The van der Waals surface area contributed by atoms with Crippen molar-refractivity contribution in [2.75, 3.05) is 13.2 Å². The number of amides is 1. The SMILES string of the molecule is Cc1cc(C(=O)N(CCO)C2CC2)n[nH]1. The quantitative estimate of drug-likeness (QED) is 0.750. The van der Waals surface area contributed by atoms with Crippen molar-refractivity contribution >= 4 is 5.91 Å². The van der Waals surface area contributed by atoms with Crippen molar-refractivity contribution in [2.24, 2.45) is 0 Å². The highest BCUT2D eigenvalue weighted by Gasteiger charge is 2.33. The summed E-state index contributed by atoms with van der Waals surface area (Å²) in [5.41, 5.74) is 1.31. The van der Waals surface area contributed by atoms with Gasteiger partial charge in [-0.2, -0.15) is 5.10 Å². The van der Waals surface area contributed by atoms with E-state index in [9.17, 15) is 4.79 Å². The van der Waals surface area contributed by atoms with E-state index in [-0.39, 0.29) is 12.5 Å². The number of nitrogens with zero attached hydrogens (tertiary/aromatic N) is 2. The average molecular weight is 209 g/mol. The Bertz CT molecular complexity index is 357. The maximum atomic E-state index is 12.0. The van der Waals surface area contributed by atoms with E-state index in [2.05, 4.69) is 10.2 Å². The highest BCUT2D eigenvalue weighted by molar-refractivity contribution is 5.92. The highest BCUT2D eigenvalue weighted by Crippen LogP contribution is 2.27. The molecule has 1 heterocycles. The van der Waals surface area contributed by atoms with Crippen LogP contribution < -0.4 is 0 Å². The third kappa shape index (κ3) is 2.18. The molecule has 0 saturated heterocycles. The average Bonchev–Trinajstić information content (AvgIpc) is 2.96. The molecular formula is C10H15N3O2. The van der Waals surface area contributed by atoms with Gasteiger partial charge in [0.15, 0.2) is 0 Å². The van der Waals surface area contributed by atoms with Gasteiger partial charge in [0.05, 0.1) is 6.61 Å². The van der Waals surface area contributed by atoms with Gasteiger partial charge in [-0.3, -0.25) is 9.89 Å². The van der Waals surface area contributed by atoms with Crippen LogP contribution in [0.2, 0.25) is 0 Å². The van der Waals surface area contributed by atoms with Crippen molar-refractivity contribution in [1.29, 1.82) is 0 Å². The van der Waals surface area contributed by atoms with E-state index in [0.29, 0.717) is 18.3 Å². The molecule has 2 rings (SSSR count). The summed E-state index contributed by atoms with van der Waals surface area (Å²) in [6, 6.07) is 2.04. The minimum Gasteiger partial charge on any atom is -0.395 e. The molecule has 5 nitrogen and oxygen atoms in total. The first-order chi connectivity index (χ1) is 7.22. The lowest BCUT2D eigenvalue weighted by Crippen LogP contribution is -2.35. The first-order valence-electron chi connectivity index (χ1n) is 5.16. The lowest BCUT2D eigenvalue weighted by atomic mass is 10.3. The van der Waals surface area contributed by atoms with E-state index < -0.39 is 0 Å². The van der Waals surface area contributed by atoms with Gasteiger partial charge in [-0.25, -0.2) is 0 Å². The van der Waals surface area contributed by atoms with Crippen molar-refractivity contribution in [3.05, 3.63) is 17.5 Å². The number of carbonyl (C=O) groups is 1. The van der Waals surface area contributed by atoms with Crippen LogP contribution in [0.3, 0.4) is 0 Å². The highest BCUT2D eigenvalue weighted by atomic mass is 16.3. The molecule has 1 aromatic heterocycles. The van der Waals surface area contributed by atoms with Gasteiger partial charge in [0.25, 0.3) is 5.91 Å². The summed E-state index contributed by atoms with van der Waals surface area (Å²) in [4.78, 5) is 13.7. The molecule has 0 spiro atoms. The van der Waals surface area contributed by atoms with Gasteiger partial charge < -0.3 is 10.0 Å². The van der Waals surface area contributed by atoms with E-state index >= 15 is 0 Å². The van der Waals surface area contributed by atoms with E-state index in [4.69, 9.17) is 5.11 Å². The lowest BCUT2D eigenvalue weighted by molar-refractivity contribution is 0.0701. The van der Waals surface area contributed by atoms with Gasteiger partial charge in [0.1, 0.15) is 5.69 Å². The zero-order valence-electron chi connectivity index (χ0n) is 8.73. The Balaban J connectivity index is 2.10. The molecule has 1 aromatic rings. The number of aliphatic hydroxyl groups excluding tert-OH is 1. The fraction of sp³-hybridized carbons (Fsp3) is 0.600. The van der Waals surface area contributed by atoms with Crippen molar-refractivity contribution in [1.82, 2.24) is 15.1 Å². The monoisotopic (exact) mass is 209 g/mol. The first-order valence-corrected chi connectivity index (χ1v) is 5.16. The number of carbonyl (C=O) groups excluding carboxylic acids is 1. The zero-order chi connectivity index (χ0) is 10.8. The van der Waals surface area contributed by atoms with Crippen LogP contribution in [0.25, 0.3) is 0 Å². The van der Waals surface area contributed by atoms with Crippen molar-refractivity contribution < 1.29 is 9.90 Å². The maximum Gasteiger partial charge on any atom is 0.274 e. The number of nitrogens with one attached hydrogen (secondary N) is 1. The van der Waals surface area contributed by atoms with Crippen LogP contribution in [0, 0.1) is 6.92 Å². The molecule has 1 aliphatic rings. The van der Waals surface area contributed by atoms with Crippen LogP contribution in [0.1, 0.15) is 29.0 Å². The number of rotatable bonds is 4. The molecule has 5 heteroatoms. The predicted molar refractivity (Wildman–Crippen MR) is 54.5 cm³/mol. The van der Waals surface area contributed by atoms with Crippen molar-refractivity contribution in [2.45, 2.75) is 25.8 Å². The minimum absolute atomic E-state index is 0.00560. The summed E-state index contributed by atoms with van der Waals surface area (Å²) in [5.74, 6) is -0.0871. The maximum absolute atomic E-state index is 12.0. The predicted octanol–water partition coefficient (Wildman–Crippen LogP) is 0.315. The van der Waals surface area contributed by atoms with Gasteiger partial charge in [0.2, 0.25) is 0 Å². The summed E-state index contributed by atoms with van der Waals surface area (Å²) in [7, 11) is 0. The van der Waals surface area contributed by atoms with Crippen LogP contribution >= 0.6 is 0 Å². The molecule has 1 amide bonds. The zero-order valence-corrected chi connectivity index (χ0v) is 8.73. The standard InChI is InChI=1S/C10H15N3O2/c1-7-6-9(12-11-7)10(15)13(4-5-14)8-2-3-8/h6,8,14H,2-5H2,1H3,(H,11,12). The number of aryl methyl sites for hydroxylation is 1. The molecule has 0 aromatic carbocycles. The number of aliphatic hydroxyl groups is 1. The largest absolute Gasteiger partial charge is 0.395 e. The van der Waals surface area contributed by atoms with Crippen molar-refractivity contribution in [3.8, 4) is 0 Å². The summed E-state index contributed by atoms with van der Waals surface area (Å²) >= 11 is 0. The summed E-state index contributed by atoms with van der Waals surface area (Å²) < 4.78 is 0. The first kappa shape index (κ1) is 10.2. The molecule has 1 aliphatic carbocycles. The number of hydrogen-bond acceptors (Lipinski definition) is 3. The van der Waals surface area contributed by atoms with Crippen LogP contribution in [-0.2, 0) is 0 Å². The Morgan fingerprint density at radius 2 is 2.47 bits per heavy atom. The molecule has 0 unspecified atom stereocenters. The molecule has 1 saturated carbocycles. The van der Waals surface area contributed by atoms with Gasteiger partial charge in [-0.05, 0) is 25.8 Å². The number of aromatic amines is 1. The Labute approximate surface area is 88.1 Å². The van der Waals surface area contributed by atoms with E-state index in [1.807, 2.05) is 6.92 Å². The van der Waals surface area contributed by atoms with Gasteiger partial charge in [-0.15, -0.1) is 0 Å².